The van der Waals surface area contributed by atoms with E-state index in [2.05, 4.69) is 33.8 Å². The Kier molecular flexibility index (Phi) is 4.76. The summed E-state index contributed by atoms with van der Waals surface area (Å²) in [5.41, 5.74) is 5.14. The molecule has 0 bridgehead atoms. The molecule has 4 aromatic rings. The SMILES string of the molecule is CC(C)n1c(=O)c2cnc(Nc3ccc4c(c3)CCNC4)nc2n1-c1cccc(C2CC2)n1. The predicted molar refractivity (Wildman–Crippen MR) is 128 cm³/mol. The van der Waals surface area contributed by atoms with Crippen LogP contribution in [-0.4, -0.2) is 30.9 Å². The van der Waals surface area contributed by atoms with Crippen LogP contribution in [-0.2, 0) is 13.0 Å². The van der Waals surface area contributed by atoms with Gasteiger partial charge in [-0.25, -0.2) is 19.3 Å². The second-order valence-electron chi connectivity index (χ2n) is 9.22. The molecule has 3 aromatic heterocycles. The molecule has 6 rings (SSSR count). The van der Waals surface area contributed by atoms with Crippen LogP contribution in [0.4, 0.5) is 11.6 Å². The fraction of sp³-hybridized carbons (Fsp3) is 0.360. The van der Waals surface area contributed by atoms with Crippen molar-refractivity contribution in [3.63, 3.8) is 0 Å². The van der Waals surface area contributed by atoms with E-state index in [1.54, 1.807) is 10.9 Å². The molecule has 2 aliphatic rings. The van der Waals surface area contributed by atoms with Crippen molar-refractivity contribution < 1.29 is 0 Å². The molecular formula is C25H27N7O. The summed E-state index contributed by atoms with van der Waals surface area (Å²) < 4.78 is 3.56. The highest BCUT2D eigenvalue weighted by molar-refractivity contribution is 5.77. The molecule has 8 nitrogen and oxygen atoms in total. The monoisotopic (exact) mass is 441 g/mol. The molecule has 0 amide bonds. The van der Waals surface area contributed by atoms with Gasteiger partial charge in [-0.1, -0.05) is 12.1 Å². The molecule has 1 aliphatic heterocycles. The minimum atomic E-state index is -0.105. The third kappa shape index (κ3) is 3.60. The lowest BCUT2D eigenvalue weighted by molar-refractivity contribution is 0.471. The van der Waals surface area contributed by atoms with Gasteiger partial charge in [0.05, 0.1) is 0 Å². The first kappa shape index (κ1) is 20.1. The van der Waals surface area contributed by atoms with Gasteiger partial charge in [-0.2, -0.15) is 4.98 Å². The van der Waals surface area contributed by atoms with Crippen LogP contribution in [0.2, 0.25) is 0 Å². The number of pyridine rings is 1. The molecule has 0 spiro atoms. The first-order chi connectivity index (χ1) is 16.1. The number of nitrogens with zero attached hydrogens (tertiary/aromatic N) is 5. The summed E-state index contributed by atoms with van der Waals surface area (Å²) in [7, 11) is 0. The van der Waals surface area contributed by atoms with Crippen LogP contribution < -0.4 is 16.2 Å². The van der Waals surface area contributed by atoms with Crippen LogP contribution in [0.5, 0.6) is 0 Å². The summed E-state index contributed by atoms with van der Waals surface area (Å²) in [5.74, 6) is 1.70. The van der Waals surface area contributed by atoms with Crippen molar-refractivity contribution in [3.8, 4) is 5.82 Å². The maximum Gasteiger partial charge on any atom is 0.278 e. The van der Waals surface area contributed by atoms with E-state index in [4.69, 9.17) is 9.97 Å². The van der Waals surface area contributed by atoms with E-state index in [1.165, 1.54) is 24.0 Å². The Balaban J connectivity index is 1.45. The minimum absolute atomic E-state index is 0.0521. The molecule has 0 unspecified atom stereocenters. The van der Waals surface area contributed by atoms with Crippen LogP contribution in [0, 0.1) is 0 Å². The molecule has 33 heavy (non-hydrogen) atoms. The van der Waals surface area contributed by atoms with E-state index >= 15 is 0 Å². The summed E-state index contributed by atoms with van der Waals surface area (Å²) in [6, 6.07) is 12.3. The Morgan fingerprint density at radius 1 is 1.12 bits per heavy atom. The Hall–Kier alpha value is -3.52. The maximum atomic E-state index is 13.2. The van der Waals surface area contributed by atoms with E-state index < -0.39 is 0 Å². The van der Waals surface area contributed by atoms with Gasteiger partial charge < -0.3 is 10.6 Å². The number of anilines is 2. The number of aromatic nitrogens is 5. The summed E-state index contributed by atoms with van der Waals surface area (Å²) >= 11 is 0. The van der Waals surface area contributed by atoms with Gasteiger partial charge >= 0.3 is 0 Å². The van der Waals surface area contributed by atoms with Crippen molar-refractivity contribution in [2.75, 3.05) is 11.9 Å². The molecule has 2 N–H and O–H groups in total. The highest BCUT2D eigenvalue weighted by Crippen LogP contribution is 2.39. The van der Waals surface area contributed by atoms with Crippen molar-refractivity contribution in [3.05, 3.63) is 69.8 Å². The first-order valence-corrected chi connectivity index (χ1v) is 11.7. The lowest BCUT2D eigenvalue weighted by Gasteiger charge is -2.18. The molecule has 1 aliphatic carbocycles. The molecule has 1 saturated carbocycles. The third-order valence-corrected chi connectivity index (χ3v) is 6.43. The zero-order chi connectivity index (χ0) is 22.5. The first-order valence-electron chi connectivity index (χ1n) is 11.7. The van der Waals surface area contributed by atoms with E-state index in [9.17, 15) is 4.79 Å². The second-order valence-corrected chi connectivity index (χ2v) is 9.22. The van der Waals surface area contributed by atoms with Gasteiger partial charge in [0.2, 0.25) is 5.95 Å². The van der Waals surface area contributed by atoms with Gasteiger partial charge in [0.25, 0.3) is 5.56 Å². The second kappa shape index (κ2) is 7.81. The topological polar surface area (TPSA) is 89.7 Å². The van der Waals surface area contributed by atoms with Gasteiger partial charge in [-0.15, -0.1) is 0 Å². The van der Waals surface area contributed by atoms with Gasteiger partial charge in [0, 0.05) is 36.1 Å². The standard InChI is InChI=1S/C25H27N7O/c1-15(2)31-24(33)20-14-27-25(28-19-9-8-18-13-26-11-10-17(18)12-19)30-23(20)32(31)22-5-3-4-21(29-22)16-6-7-16/h3-5,8-9,12,14-16,26H,6-7,10-11,13H2,1-2H3,(H,27,28,30). The smallest absolute Gasteiger partial charge is 0.278 e. The highest BCUT2D eigenvalue weighted by Gasteiger charge is 2.26. The lowest BCUT2D eigenvalue weighted by Crippen LogP contribution is -2.24. The van der Waals surface area contributed by atoms with E-state index in [1.807, 2.05) is 36.7 Å². The van der Waals surface area contributed by atoms with Gasteiger partial charge in [0.1, 0.15) is 5.39 Å². The fourth-order valence-electron chi connectivity index (χ4n) is 4.59. The molecule has 168 valence electrons. The van der Waals surface area contributed by atoms with Gasteiger partial charge in [-0.3, -0.25) is 4.79 Å². The van der Waals surface area contributed by atoms with Crippen molar-refractivity contribution >= 4 is 22.7 Å². The number of fused-ring (bicyclic) bond motifs is 2. The summed E-state index contributed by atoms with van der Waals surface area (Å²) in [6.07, 6.45) is 4.97. The highest BCUT2D eigenvalue weighted by atomic mass is 16.1. The molecule has 8 heteroatoms. The van der Waals surface area contributed by atoms with Crippen LogP contribution in [0.25, 0.3) is 16.9 Å². The molecule has 0 atom stereocenters. The van der Waals surface area contributed by atoms with Crippen molar-refractivity contribution in [1.82, 2.24) is 29.6 Å². The minimum Gasteiger partial charge on any atom is -0.324 e. The Morgan fingerprint density at radius 2 is 2.00 bits per heavy atom. The average Bonchev–Trinajstić information content (AvgIpc) is 3.63. The van der Waals surface area contributed by atoms with Crippen molar-refractivity contribution in [1.29, 1.82) is 0 Å². The van der Waals surface area contributed by atoms with Crippen LogP contribution in [0.3, 0.4) is 0 Å². The maximum absolute atomic E-state index is 13.2. The van der Waals surface area contributed by atoms with E-state index in [0.29, 0.717) is 28.7 Å². The van der Waals surface area contributed by atoms with E-state index in [0.717, 1.165) is 30.9 Å². The number of benzene rings is 1. The van der Waals surface area contributed by atoms with Crippen LogP contribution in [0.1, 0.15) is 55.5 Å². The third-order valence-electron chi connectivity index (χ3n) is 6.43. The molecule has 0 radical (unpaired) electrons. The lowest BCUT2D eigenvalue weighted by atomic mass is 10.0. The summed E-state index contributed by atoms with van der Waals surface area (Å²) in [5, 5.41) is 7.22. The quantitative estimate of drug-likeness (QED) is 0.489. The zero-order valence-corrected chi connectivity index (χ0v) is 18.9. The zero-order valence-electron chi connectivity index (χ0n) is 18.9. The number of hydrogen-bond acceptors (Lipinski definition) is 6. The number of rotatable bonds is 5. The van der Waals surface area contributed by atoms with Crippen LogP contribution >= 0.6 is 0 Å². The van der Waals surface area contributed by atoms with Crippen LogP contribution in [0.15, 0.2) is 47.4 Å². The normalized spacial score (nSPS) is 15.7. The van der Waals surface area contributed by atoms with E-state index in [-0.39, 0.29) is 11.6 Å². The predicted octanol–water partition coefficient (Wildman–Crippen LogP) is 3.82. The fourth-order valence-corrected chi connectivity index (χ4v) is 4.59. The largest absolute Gasteiger partial charge is 0.324 e. The molecule has 0 saturated heterocycles. The Labute approximate surface area is 191 Å². The van der Waals surface area contributed by atoms with Gasteiger partial charge in [-0.05, 0) is 75.0 Å². The number of nitrogens with one attached hydrogen (secondary N) is 2. The number of hydrogen-bond donors (Lipinski definition) is 2. The van der Waals surface area contributed by atoms with Crippen molar-refractivity contribution in [2.24, 2.45) is 0 Å². The average molecular weight is 442 g/mol. The summed E-state index contributed by atoms with van der Waals surface area (Å²) in [6.45, 7) is 5.88. The molecular weight excluding hydrogens is 414 g/mol. The van der Waals surface area contributed by atoms with Crippen molar-refractivity contribution in [2.45, 2.75) is 51.6 Å². The molecule has 1 aromatic carbocycles. The molecule has 1 fully saturated rings. The Morgan fingerprint density at radius 3 is 2.82 bits per heavy atom. The molecule has 4 heterocycles. The van der Waals surface area contributed by atoms with Gasteiger partial charge in [0.15, 0.2) is 11.5 Å². The summed E-state index contributed by atoms with van der Waals surface area (Å²) in [4.78, 5) is 27.4. The Bertz CT molecular complexity index is 1410.